The van der Waals surface area contributed by atoms with Crippen LogP contribution in [0.1, 0.15) is 60.4 Å². The predicted molar refractivity (Wildman–Crippen MR) is 131 cm³/mol. The Kier molecular flexibility index (Phi) is 5.59. The fraction of sp³-hybridized carbons (Fsp3) is 0.360. The molecule has 1 aliphatic carbocycles. The monoisotopic (exact) mass is 466 g/mol. The highest BCUT2D eigenvalue weighted by Crippen LogP contribution is 2.45. The predicted octanol–water partition coefficient (Wildman–Crippen LogP) is 5.76. The van der Waals surface area contributed by atoms with Crippen molar-refractivity contribution in [2.75, 3.05) is 0 Å². The molecule has 5 nitrogen and oxygen atoms in total. The van der Waals surface area contributed by atoms with Gasteiger partial charge < -0.3 is 19.9 Å². The summed E-state index contributed by atoms with van der Waals surface area (Å²) in [6.45, 7) is 4.17. The van der Waals surface area contributed by atoms with Crippen LogP contribution in [0, 0.1) is 13.8 Å². The van der Waals surface area contributed by atoms with Gasteiger partial charge in [0.25, 0.3) is 0 Å². The van der Waals surface area contributed by atoms with Crippen molar-refractivity contribution in [2.45, 2.75) is 57.7 Å². The summed E-state index contributed by atoms with van der Waals surface area (Å²) in [4.78, 5) is 7.07. The Hall–Kier alpha value is -2.57. The summed E-state index contributed by atoms with van der Waals surface area (Å²) in [6, 6.07) is 13.8. The third-order valence-corrected chi connectivity index (χ3v) is 7.38. The zero-order chi connectivity index (χ0) is 22.4. The number of thiocarbonyl (C=S) groups is 1. The Balaban J connectivity index is 1.66. The molecular weight excluding hydrogens is 440 g/mol. The summed E-state index contributed by atoms with van der Waals surface area (Å²) >= 11 is 12.1. The molecule has 32 heavy (non-hydrogen) atoms. The number of nitrogens with one attached hydrogen (secondary N) is 1. The topological polar surface area (TPSA) is 53.3 Å². The molecular formula is C25H27ClN4OS. The second-order valence-electron chi connectivity index (χ2n) is 8.77. The molecule has 3 aromatic rings. The average Bonchev–Trinajstić information content (AvgIpc) is 3.49. The molecule has 1 aliphatic heterocycles. The Morgan fingerprint density at radius 1 is 1.12 bits per heavy atom. The van der Waals surface area contributed by atoms with E-state index in [4.69, 9.17) is 23.8 Å². The van der Waals surface area contributed by atoms with Crippen molar-refractivity contribution in [3.8, 4) is 11.4 Å². The second kappa shape index (κ2) is 8.41. The largest absolute Gasteiger partial charge is 0.506 e. The van der Waals surface area contributed by atoms with Gasteiger partial charge in [-0.1, -0.05) is 30.5 Å². The van der Waals surface area contributed by atoms with Crippen molar-refractivity contribution >= 4 is 28.9 Å². The van der Waals surface area contributed by atoms with Crippen molar-refractivity contribution < 1.29 is 5.11 Å². The molecule has 0 amide bonds. The van der Waals surface area contributed by atoms with Crippen LogP contribution in [0.25, 0.3) is 5.69 Å². The number of pyridine rings is 1. The van der Waals surface area contributed by atoms with Gasteiger partial charge in [0, 0.05) is 28.6 Å². The summed E-state index contributed by atoms with van der Waals surface area (Å²) in [7, 11) is 0. The van der Waals surface area contributed by atoms with Gasteiger partial charge >= 0.3 is 0 Å². The molecule has 1 aromatic carbocycles. The lowest BCUT2D eigenvalue weighted by molar-refractivity contribution is 0.245. The summed E-state index contributed by atoms with van der Waals surface area (Å²) in [5.41, 5.74) is 4.97. The minimum atomic E-state index is -0.0359. The number of hydrogen-bond donors (Lipinski definition) is 2. The van der Waals surface area contributed by atoms with Gasteiger partial charge in [0.2, 0.25) is 0 Å². The number of rotatable bonds is 4. The number of aromatic nitrogens is 2. The molecule has 5 rings (SSSR count). The van der Waals surface area contributed by atoms with Crippen LogP contribution in [0.3, 0.4) is 0 Å². The summed E-state index contributed by atoms with van der Waals surface area (Å²) in [6.07, 6.45) is 6.62. The molecule has 0 unspecified atom stereocenters. The van der Waals surface area contributed by atoms with Crippen LogP contribution in [-0.2, 0) is 0 Å². The maximum Gasteiger partial charge on any atom is 0.170 e. The fourth-order valence-electron chi connectivity index (χ4n) is 5.41. The first-order valence-corrected chi connectivity index (χ1v) is 11.9. The van der Waals surface area contributed by atoms with E-state index in [0.717, 1.165) is 35.0 Å². The lowest BCUT2D eigenvalue weighted by Crippen LogP contribution is -2.37. The molecule has 2 aromatic heterocycles. The number of phenolic OH excluding ortho intramolecular Hbond substituents is 1. The zero-order valence-corrected chi connectivity index (χ0v) is 19.8. The van der Waals surface area contributed by atoms with Crippen molar-refractivity contribution in [1.29, 1.82) is 0 Å². The lowest BCUT2D eigenvalue weighted by Gasteiger charge is -2.33. The molecule has 1 saturated carbocycles. The first-order chi connectivity index (χ1) is 15.5. The molecule has 0 radical (unpaired) electrons. The second-order valence-corrected chi connectivity index (χ2v) is 9.59. The van der Waals surface area contributed by atoms with Crippen LogP contribution in [0.4, 0.5) is 0 Å². The van der Waals surface area contributed by atoms with E-state index >= 15 is 0 Å². The molecule has 2 aliphatic rings. The van der Waals surface area contributed by atoms with Crippen LogP contribution >= 0.6 is 23.8 Å². The minimum absolute atomic E-state index is 0.0294. The fourth-order valence-corrected chi connectivity index (χ4v) is 5.96. The SMILES string of the molecule is Cc1cc([C@H]2[C@@H](c3ccccn3)NC(=S)N2C2CCCC2)c(C)n1-c1cc(Cl)ccc1O. The highest BCUT2D eigenvalue weighted by atomic mass is 35.5. The van der Waals surface area contributed by atoms with Gasteiger partial charge in [0.05, 0.1) is 23.5 Å². The molecule has 2 N–H and O–H groups in total. The first kappa shape index (κ1) is 21.3. The van der Waals surface area contributed by atoms with Crippen LogP contribution in [0.15, 0.2) is 48.7 Å². The maximum absolute atomic E-state index is 10.6. The summed E-state index contributed by atoms with van der Waals surface area (Å²) in [5, 5.41) is 15.5. The van der Waals surface area contributed by atoms with Gasteiger partial charge in [-0.25, -0.2) is 0 Å². The van der Waals surface area contributed by atoms with Crippen LogP contribution in [0.2, 0.25) is 5.02 Å². The molecule has 2 fully saturated rings. The number of benzene rings is 1. The van der Waals surface area contributed by atoms with E-state index in [2.05, 4.69) is 45.7 Å². The Labute approximate surface area is 199 Å². The van der Waals surface area contributed by atoms with E-state index < -0.39 is 0 Å². The van der Waals surface area contributed by atoms with Crippen LogP contribution in [0.5, 0.6) is 5.75 Å². The van der Waals surface area contributed by atoms with Crippen molar-refractivity contribution in [1.82, 2.24) is 19.8 Å². The van der Waals surface area contributed by atoms with Crippen LogP contribution < -0.4 is 5.32 Å². The van der Waals surface area contributed by atoms with E-state index in [9.17, 15) is 5.11 Å². The van der Waals surface area contributed by atoms with Gasteiger partial charge in [-0.15, -0.1) is 0 Å². The Morgan fingerprint density at radius 3 is 2.62 bits per heavy atom. The average molecular weight is 467 g/mol. The molecule has 1 saturated heterocycles. The number of nitrogens with zero attached hydrogens (tertiary/aromatic N) is 3. The molecule has 2 atom stereocenters. The van der Waals surface area contributed by atoms with E-state index in [1.807, 2.05) is 24.4 Å². The summed E-state index contributed by atoms with van der Waals surface area (Å²) in [5.74, 6) is 0.205. The van der Waals surface area contributed by atoms with Crippen molar-refractivity contribution in [3.05, 3.63) is 76.3 Å². The van der Waals surface area contributed by atoms with E-state index in [1.165, 1.54) is 18.4 Å². The third kappa shape index (κ3) is 3.55. The third-order valence-electron chi connectivity index (χ3n) is 6.82. The molecule has 3 heterocycles. The number of aryl methyl sites for hydroxylation is 1. The van der Waals surface area contributed by atoms with E-state index in [0.29, 0.717) is 16.8 Å². The van der Waals surface area contributed by atoms with Crippen LogP contribution in [-0.4, -0.2) is 30.7 Å². The highest BCUT2D eigenvalue weighted by molar-refractivity contribution is 7.80. The summed E-state index contributed by atoms with van der Waals surface area (Å²) < 4.78 is 2.08. The van der Waals surface area contributed by atoms with E-state index in [1.54, 1.807) is 12.1 Å². The Morgan fingerprint density at radius 2 is 1.91 bits per heavy atom. The van der Waals surface area contributed by atoms with Gasteiger partial charge in [0.15, 0.2) is 5.11 Å². The van der Waals surface area contributed by atoms with Gasteiger partial charge in [-0.05, 0) is 80.9 Å². The molecule has 166 valence electrons. The standard InChI is InChI=1S/C25H27ClN4OS/c1-15-13-19(16(2)29(15)21-14-17(26)10-11-22(21)31)24-23(20-9-5-6-12-27-20)28-25(32)30(24)18-7-3-4-8-18/h5-6,9-14,18,23-24,31H,3-4,7-8H2,1-2H3,(H,28,32)/t23-,24+/m1/s1. The normalized spacial score (nSPS) is 21.3. The molecule has 0 spiro atoms. The number of phenols is 1. The van der Waals surface area contributed by atoms with Gasteiger partial charge in [-0.2, -0.15) is 0 Å². The quantitative estimate of drug-likeness (QED) is 0.478. The number of hydrogen-bond acceptors (Lipinski definition) is 3. The Bertz CT molecular complexity index is 1160. The smallest absolute Gasteiger partial charge is 0.170 e. The lowest BCUT2D eigenvalue weighted by atomic mass is 9.95. The maximum atomic E-state index is 10.6. The minimum Gasteiger partial charge on any atom is -0.506 e. The highest BCUT2D eigenvalue weighted by Gasteiger charge is 2.44. The number of halogens is 1. The van der Waals surface area contributed by atoms with Crippen molar-refractivity contribution in [3.63, 3.8) is 0 Å². The van der Waals surface area contributed by atoms with E-state index in [-0.39, 0.29) is 17.8 Å². The first-order valence-electron chi connectivity index (χ1n) is 11.1. The van der Waals surface area contributed by atoms with Gasteiger partial charge in [-0.3, -0.25) is 4.98 Å². The number of aromatic hydroxyl groups is 1. The zero-order valence-electron chi connectivity index (χ0n) is 18.3. The van der Waals surface area contributed by atoms with Gasteiger partial charge in [0.1, 0.15) is 5.75 Å². The van der Waals surface area contributed by atoms with Crippen molar-refractivity contribution in [2.24, 2.45) is 0 Å². The molecule has 7 heteroatoms. The molecule has 0 bridgehead atoms.